The van der Waals surface area contributed by atoms with E-state index in [0.29, 0.717) is 6.04 Å². The van der Waals surface area contributed by atoms with Gasteiger partial charge in [-0.05, 0) is 43.9 Å². The summed E-state index contributed by atoms with van der Waals surface area (Å²) in [5.74, 6) is 0.951. The Morgan fingerprint density at radius 1 is 1.20 bits per heavy atom. The van der Waals surface area contributed by atoms with Gasteiger partial charge in [0.25, 0.3) is 0 Å². The van der Waals surface area contributed by atoms with Crippen molar-refractivity contribution in [1.82, 2.24) is 5.32 Å². The molecule has 1 atom stereocenters. The zero-order valence-electron chi connectivity index (χ0n) is 12.7. The van der Waals surface area contributed by atoms with Gasteiger partial charge in [0.15, 0.2) is 0 Å². The minimum atomic E-state index is 0.209. The summed E-state index contributed by atoms with van der Waals surface area (Å²) >= 11 is 0. The van der Waals surface area contributed by atoms with E-state index < -0.39 is 0 Å². The largest absolute Gasteiger partial charge is 0.489 e. The first-order chi connectivity index (χ1) is 9.78. The van der Waals surface area contributed by atoms with E-state index >= 15 is 0 Å². The normalized spacial score (nSPS) is 17.3. The molecule has 3 nitrogen and oxygen atoms in total. The lowest BCUT2D eigenvalue weighted by molar-refractivity contribution is 0.202. The second-order valence-electron chi connectivity index (χ2n) is 5.70. The van der Waals surface area contributed by atoms with Gasteiger partial charge in [0.05, 0.1) is 6.61 Å². The van der Waals surface area contributed by atoms with Crippen molar-refractivity contribution in [3.8, 4) is 5.75 Å². The molecule has 0 heterocycles. The fourth-order valence-corrected chi connectivity index (χ4v) is 2.69. The topological polar surface area (TPSA) is 30.5 Å². The van der Waals surface area contributed by atoms with Crippen molar-refractivity contribution in [3.05, 3.63) is 29.8 Å². The first-order valence-electron chi connectivity index (χ1n) is 7.76. The summed E-state index contributed by atoms with van der Waals surface area (Å²) in [6, 6.07) is 9.04. The van der Waals surface area contributed by atoms with E-state index in [1.165, 1.54) is 31.2 Å². The Kier molecular flexibility index (Phi) is 6.34. The van der Waals surface area contributed by atoms with Crippen LogP contribution in [0.5, 0.6) is 5.75 Å². The second-order valence-corrected chi connectivity index (χ2v) is 5.70. The van der Waals surface area contributed by atoms with Crippen LogP contribution in [-0.2, 0) is 11.2 Å². The SMILES string of the molecule is COCCc1ccc(OC(C)CNC2CCCC2)cc1. The summed E-state index contributed by atoms with van der Waals surface area (Å²) in [6.45, 7) is 3.82. The predicted molar refractivity (Wildman–Crippen MR) is 82.4 cm³/mol. The van der Waals surface area contributed by atoms with E-state index in [9.17, 15) is 0 Å². The molecule has 1 aliphatic rings. The Morgan fingerprint density at radius 2 is 1.90 bits per heavy atom. The monoisotopic (exact) mass is 277 g/mol. The molecule has 1 aromatic carbocycles. The number of ether oxygens (including phenoxy) is 2. The van der Waals surface area contributed by atoms with Gasteiger partial charge in [0.1, 0.15) is 11.9 Å². The molecule has 1 unspecified atom stereocenters. The average molecular weight is 277 g/mol. The molecule has 0 bridgehead atoms. The minimum Gasteiger partial charge on any atom is -0.489 e. The molecule has 0 aliphatic heterocycles. The van der Waals surface area contributed by atoms with Crippen LogP contribution < -0.4 is 10.1 Å². The van der Waals surface area contributed by atoms with E-state index in [-0.39, 0.29) is 6.10 Å². The summed E-state index contributed by atoms with van der Waals surface area (Å²) in [4.78, 5) is 0. The number of benzene rings is 1. The standard InChI is InChI=1S/C17H27NO2/c1-14(13-18-16-5-3-4-6-16)20-17-9-7-15(8-10-17)11-12-19-2/h7-10,14,16,18H,3-6,11-13H2,1-2H3. The number of nitrogens with one attached hydrogen (secondary N) is 1. The van der Waals surface area contributed by atoms with Crippen LogP contribution in [0.3, 0.4) is 0 Å². The third kappa shape index (κ3) is 5.14. The summed E-state index contributed by atoms with van der Waals surface area (Å²) in [5.41, 5.74) is 1.29. The summed E-state index contributed by atoms with van der Waals surface area (Å²) in [5, 5.41) is 3.60. The van der Waals surface area contributed by atoms with Gasteiger partial charge in [0, 0.05) is 19.7 Å². The third-order valence-corrected chi connectivity index (χ3v) is 3.90. The summed E-state index contributed by atoms with van der Waals surface area (Å²) in [7, 11) is 1.73. The summed E-state index contributed by atoms with van der Waals surface area (Å²) < 4.78 is 11.0. The van der Waals surface area contributed by atoms with E-state index in [4.69, 9.17) is 9.47 Å². The molecule has 1 aliphatic carbocycles. The fourth-order valence-electron chi connectivity index (χ4n) is 2.69. The molecule has 0 radical (unpaired) electrons. The quantitative estimate of drug-likeness (QED) is 0.791. The molecule has 3 heteroatoms. The van der Waals surface area contributed by atoms with Crippen LogP contribution in [0.25, 0.3) is 0 Å². The predicted octanol–water partition coefficient (Wildman–Crippen LogP) is 3.18. The van der Waals surface area contributed by atoms with Crippen molar-refractivity contribution >= 4 is 0 Å². The molecular weight excluding hydrogens is 250 g/mol. The lowest BCUT2D eigenvalue weighted by Gasteiger charge is -2.18. The molecule has 20 heavy (non-hydrogen) atoms. The first kappa shape index (κ1) is 15.3. The van der Waals surface area contributed by atoms with Crippen molar-refractivity contribution in [2.45, 2.75) is 51.2 Å². The highest BCUT2D eigenvalue weighted by Crippen LogP contribution is 2.18. The number of rotatable bonds is 8. The Hall–Kier alpha value is -1.06. The van der Waals surface area contributed by atoms with Crippen molar-refractivity contribution in [3.63, 3.8) is 0 Å². The fraction of sp³-hybridized carbons (Fsp3) is 0.647. The van der Waals surface area contributed by atoms with Crippen LogP contribution >= 0.6 is 0 Å². The van der Waals surface area contributed by atoms with E-state index in [1.54, 1.807) is 7.11 Å². The van der Waals surface area contributed by atoms with Gasteiger partial charge in [0.2, 0.25) is 0 Å². The Bertz CT molecular complexity index is 371. The smallest absolute Gasteiger partial charge is 0.119 e. The van der Waals surface area contributed by atoms with Gasteiger partial charge >= 0.3 is 0 Å². The van der Waals surface area contributed by atoms with Crippen LogP contribution in [0.1, 0.15) is 38.2 Å². The van der Waals surface area contributed by atoms with Gasteiger partial charge in [-0.25, -0.2) is 0 Å². The average Bonchev–Trinajstić information content (AvgIpc) is 2.98. The van der Waals surface area contributed by atoms with E-state index in [2.05, 4.69) is 36.5 Å². The van der Waals surface area contributed by atoms with E-state index in [0.717, 1.165) is 25.3 Å². The van der Waals surface area contributed by atoms with Crippen LogP contribution in [-0.4, -0.2) is 32.4 Å². The van der Waals surface area contributed by atoms with Gasteiger partial charge in [-0.3, -0.25) is 0 Å². The molecule has 0 amide bonds. The molecule has 0 saturated heterocycles. The van der Waals surface area contributed by atoms with Gasteiger partial charge in [-0.1, -0.05) is 25.0 Å². The summed E-state index contributed by atoms with van der Waals surface area (Å²) in [6.07, 6.45) is 6.55. The molecule has 1 aromatic rings. The molecule has 2 rings (SSSR count). The lowest BCUT2D eigenvalue weighted by Crippen LogP contribution is -2.35. The minimum absolute atomic E-state index is 0.209. The van der Waals surface area contributed by atoms with Gasteiger partial charge in [-0.15, -0.1) is 0 Å². The molecule has 1 saturated carbocycles. The zero-order valence-corrected chi connectivity index (χ0v) is 12.7. The highest BCUT2D eigenvalue weighted by molar-refractivity contribution is 5.27. The number of hydrogen-bond acceptors (Lipinski definition) is 3. The second kappa shape index (κ2) is 8.28. The van der Waals surface area contributed by atoms with Crippen molar-refractivity contribution in [1.29, 1.82) is 0 Å². The van der Waals surface area contributed by atoms with Gasteiger partial charge < -0.3 is 14.8 Å². The van der Waals surface area contributed by atoms with Gasteiger partial charge in [-0.2, -0.15) is 0 Å². The molecule has 112 valence electrons. The third-order valence-electron chi connectivity index (χ3n) is 3.90. The first-order valence-corrected chi connectivity index (χ1v) is 7.76. The zero-order chi connectivity index (χ0) is 14.2. The van der Waals surface area contributed by atoms with E-state index in [1.807, 2.05) is 0 Å². The molecule has 1 fully saturated rings. The Balaban J connectivity index is 1.71. The van der Waals surface area contributed by atoms with Crippen molar-refractivity contribution in [2.75, 3.05) is 20.3 Å². The Labute approximate surface area is 122 Å². The van der Waals surface area contributed by atoms with Crippen LogP contribution in [0.4, 0.5) is 0 Å². The maximum Gasteiger partial charge on any atom is 0.119 e. The van der Waals surface area contributed by atoms with Crippen molar-refractivity contribution in [2.24, 2.45) is 0 Å². The molecule has 0 aromatic heterocycles. The molecule has 0 spiro atoms. The maximum atomic E-state index is 5.94. The van der Waals surface area contributed by atoms with Crippen LogP contribution in [0.15, 0.2) is 24.3 Å². The van der Waals surface area contributed by atoms with Crippen LogP contribution in [0.2, 0.25) is 0 Å². The Morgan fingerprint density at radius 3 is 2.55 bits per heavy atom. The maximum absolute atomic E-state index is 5.94. The van der Waals surface area contributed by atoms with Crippen LogP contribution in [0, 0.1) is 0 Å². The molecular formula is C17H27NO2. The molecule has 1 N–H and O–H groups in total. The number of methoxy groups -OCH3 is 1. The highest BCUT2D eigenvalue weighted by atomic mass is 16.5. The van der Waals surface area contributed by atoms with Crippen molar-refractivity contribution < 1.29 is 9.47 Å². The highest BCUT2D eigenvalue weighted by Gasteiger charge is 2.15. The number of hydrogen-bond donors (Lipinski definition) is 1. The lowest BCUT2D eigenvalue weighted by atomic mass is 10.1.